The number of urea groups is 1. The van der Waals surface area contributed by atoms with Crippen molar-refractivity contribution in [3.8, 4) is 0 Å². The first-order valence-corrected chi connectivity index (χ1v) is 6.83. The minimum atomic E-state index is -1.11. The van der Waals surface area contributed by atoms with Gasteiger partial charge in [0.2, 0.25) is 0 Å². The van der Waals surface area contributed by atoms with Gasteiger partial charge in [0.15, 0.2) is 0 Å². The first kappa shape index (κ1) is 15.0. The highest BCUT2D eigenvalue weighted by molar-refractivity contribution is 9.10. The third-order valence-corrected chi connectivity index (χ3v) is 3.32. The van der Waals surface area contributed by atoms with Crippen LogP contribution in [-0.4, -0.2) is 22.1 Å². The summed E-state index contributed by atoms with van der Waals surface area (Å²) < 4.78 is 0.499. The van der Waals surface area contributed by atoms with Crippen LogP contribution in [0.25, 0.3) is 0 Å². The van der Waals surface area contributed by atoms with E-state index in [1.54, 1.807) is 30.6 Å². The van der Waals surface area contributed by atoms with E-state index in [0.717, 1.165) is 5.56 Å². The monoisotopic (exact) mass is 349 g/mol. The molecule has 1 aromatic carbocycles. The zero-order valence-electron chi connectivity index (χ0n) is 10.8. The molecular weight excluding hydrogens is 338 g/mol. The Balaban J connectivity index is 2.05. The van der Waals surface area contributed by atoms with Crippen LogP contribution in [0.1, 0.15) is 15.9 Å². The molecule has 1 aromatic heterocycles. The van der Waals surface area contributed by atoms with E-state index in [9.17, 15) is 9.59 Å². The number of pyridine rings is 1. The zero-order chi connectivity index (χ0) is 15.2. The van der Waals surface area contributed by atoms with Gasteiger partial charge in [-0.25, -0.2) is 9.59 Å². The molecular formula is C14H12BrN3O3. The van der Waals surface area contributed by atoms with Crippen LogP contribution >= 0.6 is 15.9 Å². The van der Waals surface area contributed by atoms with Gasteiger partial charge < -0.3 is 15.7 Å². The van der Waals surface area contributed by atoms with Gasteiger partial charge in [0.05, 0.1) is 11.3 Å². The number of halogens is 1. The molecule has 1 heterocycles. The quantitative estimate of drug-likeness (QED) is 0.791. The van der Waals surface area contributed by atoms with E-state index < -0.39 is 12.0 Å². The van der Waals surface area contributed by atoms with E-state index in [1.807, 2.05) is 6.07 Å². The standard InChI is InChI=1S/C14H12BrN3O3/c15-11-5-1-4-10(13(19)20)12(11)18-14(21)17-8-9-3-2-6-16-7-9/h1-7H,8H2,(H,19,20)(H2,17,18,21). The summed E-state index contributed by atoms with van der Waals surface area (Å²) in [6.07, 6.45) is 3.28. The molecule has 0 bridgehead atoms. The van der Waals surface area contributed by atoms with Gasteiger partial charge in [0.25, 0.3) is 0 Å². The number of anilines is 1. The number of carboxylic acid groups (broad SMARTS) is 1. The highest BCUT2D eigenvalue weighted by Gasteiger charge is 2.14. The van der Waals surface area contributed by atoms with Crippen molar-refractivity contribution in [2.45, 2.75) is 6.54 Å². The molecule has 3 N–H and O–H groups in total. The van der Waals surface area contributed by atoms with E-state index in [0.29, 0.717) is 11.0 Å². The summed E-state index contributed by atoms with van der Waals surface area (Å²) >= 11 is 3.22. The van der Waals surface area contributed by atoms with Crippen LogP contribution in [0.2, 0.25) is 0 Å². The van der Waals surface area contributed by atoms with Gasteiger partial charge in [0.1, 0.15) is 0 Å². The molecule has 0 radical (unpaired) electrons. The van der Waals surface area contributed by atoms with E-state index in [-0.39, 0.29) is 11.3 Å². The number of para-hydroxylation sites is 1. The lowest BCUT2D eigenvalue weighted by Gasteiger charge is -2.11. The fraction of sp³-hybridized carbons (Fsp3) is 0.0714. The van der Waals surface area contributed by atoms with E-state index in [4.69, 9.17) is 5.11 Å². The summed E-state index contributed by atoms with van der Waals surface area (Å²) in [6, 6.07) is 7.77. The Bertz CT molecular complexity index is 662. The Labute approximate surface area is 129 Å². The van der Waals surface area contributed by atoms with Gasteiger partial charge in [-0.2, -0.15) is 0 Å². The summed E-state index contributed by atoms with van der Waals surface area (Å²) in [5.41, 5.74) is 1.08. The van der Waals surface area contributed by atoms with Crippen molar-refractivity contribution in [2.24, 2.45) is 0 Å². The molecule has 7 heteroatoms. The van der Waals surface area contributed by atoms with Crippen LogP contribution in [0, 0.1) is 0 Å². The Morgan fingerprint density at radius 2 is 2.05 bits per heavy atom. The van der Waals surface area contributed by atoms with Crippen LogP contribution < -0.4 is 10.6 Å². The molecule has 0 spiro atoms. The molecule has 0 aliphatic carbocycles. The summed E-state index contributed by atoms with van der Waals surface area (Å²) in [5.74, 6) is -1.11. The van der Waals surface area contributed by atoms with Crippen molar-refractivity contribution >= 4 is 33.6 Å². The maximum atomic E-state index is 11.9. The number of hydrogen-bond acceptors (Lipinski definition) is 3. The third kappa shape index (κ3) is 4.03. The molecule has 6 nitrogen and oxygen atoms in total. The molecule has 2 rings (SSSR count). The number of amides is 2. The molecule has 0 atom stereocenters. The topological polar surface area (TPSA) is 91.3 Å². The molecule has 2 amide bonds. The highest BCUT2D eigenvalue weighted by Crippen LogP contribution is 2.26. The molecule has 108 valence electrons. The predicted molar refractivity (Wildman–Crippen MR) is 81.2 cm³/mol. The second-order valence-electron chi connectivity index (χ2n) is 4.14. The molecule has 0 saturated heterocycles. The maximum Gasteiger partial charge on any atom is 0.337 e. The summed E-state index contributed by atoms with van der Waals surface area (Å²) in [5, 5.41) is 14.3. The van der Waals surface area contributed by atoms with Crippen LogP contribution in [0.5, 0.6) is 0 Å². The second kappa shape index (κ2) is 6.85. The van der Waals surface area contributed by atoms with Gasteiger partial charge in [-0.05, 0) is 39.7 Å². The molecule has 0 fully saturated rings. The van der Waals surface area contributed by atoms with Crippen molar-refractivity contribution in [3.05, 3.63) is 58.3 Å². The smallest absolute Gasteiger partial charge is 0.337 e. The fourth-order valence-corrected chi connectivity index (χ4v) is 2.14. The molecule has 2 aromatic rings. The average Bonchev–Trinajstić information content (AvgIpc) is 2.48. The Morgan fingerprint density at radius 1 is 1.24 bits per heavy atom. The van der Waals surface area contributed by atoms with Gasteiger partial charge in [0, 0.05) is 23.4 Å². The number of aromatic carboxylic acids is 1. The number of benzene rings is 1. The van der Waals surface area contributed by atoms with Crippen molar-refractivity contribution in [3.63, 3.8) is 0 Å². The number of carbonyl (C=O) groups excluding carboxylic acids is 1. The van der Waals surface area contributed by atoms with Crippen LogP contribution in [0.4, 0.5) is 10.5 Å². The average molecular weight is 350 g/mol. The van der Waals surface area contributed by atoms with Crippen LogP contribution in [-0.2, 0) is 6.54 Å². The number of nitrogens with one attached hydrogen (secondary N) is 2. The van der Waals surface area contributed by atoms with Gasteiger partial charge in [-0.1, -0.05) is 12.1 Å². The molecule has 21 heavy (non-hydrogen) atoms. The fourth-order valence-electron chi connectivity index (χ4n) is 1.67. The van der Waals surface area contributed by atoms with Crippen LogP contribution in [0.3, 0.4) is 0 Å². The first-order chi connectivity index (χ1) is 10.1. The number of nitrogens with zero attached hydrogens (tertiary/aromatic N) is 1. The highest BCUT2D eigenvalue weighted by atomic mass is 79.9. The number of carbonyl (C=O) groups is 2. The predicted octanol–water partition coefficient (Wildman–Crippen LogP) is 2.86. The summed E-state index contributed by atoms with van der Waals surface area (Å²) in [6.45, 7) is 0.298. The van der Waals surface area contributed by atoms with Crippen molar-refractivity contribution < 1.29 is 14.7 Å². The number of rotatable bonds is 4. The molecule has 0 saturated carbocycles. The lowest BCUT2D eigenvalue weighted by Crippen LogP contribution is -2.29. The Hall–Kier alpha value is -2.41. The molecule has 0 unspecified atom stereocenters. The molecule has 0 aliphatic rings. The lowest BCUT2D eigenvalue weighted by molar-refractivity contribution is 0.0698. The molecule has 0 aliphatic heterocycles. The lowest BCUT2D eigenvalue weighted by atomic mass is 10.2. The van der Waals surface area contributed by atoms with E-state index >= 15 is 0 Å². The normalized spacial score (nSPS) is 9.95. The third-order valence-electron chi connectivity index (χ3n) is 2.66. The van der Waals surface area contributed by atoms with E-state index in [2.05, 4.69) is 31.5 Å². The largest absolute Gasteiger partial charge is 0.478 e. The Morgan fingerprint density at radius 3 is 2.71 bits per heavy atom. The maximum absolute atomic E-state index is 11.9. The number of aromatic nitrogens is 1. The van der Waals surface area contributed by atoms with E-state index in [1.165, 1.54) is 6.07 Å². The van der Waals surface area contributed by atoms with Crippen LogP contribution in [0.15, 0.2) is 47.2 Å². The van der Waals surface area contributed by atoms with Gasteiger partial charge >= 0.3 is 12.0 Å². The number of hydrogen-bond donors (Lipinski definition) is 3. The van der Waals surface area contributed by atoms with Gasteiger partial charge in [-0.3, -0.25) is 4.98 Å². The Kier molecular flexibility index (Phi) is 4.89. The number of carboxylic acids is 1. The zero-order valence-corrected chi connectivity index (χ0v) is 12.4. The summed E-state index contributed by atoms with van der Waals surface area (Å²) in [4.78, 5) is 26.9. The second-order valence-corrected chi connectivity index (χ2v) is 4.99. The van der Waals surface area contributed by atoms with Crippen molar-refractivity contribution in [2.75, 3.05) is 5.32 Å². The van der Waals surface area contributed by atoms with Crippen molar-refractivity contribution in [1.29, 1.82) is 0 Å². The minimum absolute atomic E-state index is 0.0147. The van der Waals surface area contributed by atoms with Gasteiger partial charge in [-0.15, -0.1) is 0 Å². The van der Waals surface area contributed by atoms with Crippen molar-refractivity contribution in [1.82, 2.24) is 10.3 Å². The minimum Gasteiger partial charge on any atom is -0.478 e. The summed E-state index contributed by atoms with van der Waals surface area (Å²) in [7, 11) is 0. The SMILES string of the molecule is O=C(NCc1cccnc1)Nc1c(Br)cccc1C(=O)O. The first-order valence-electron chi connectivity index (χ1n) is 6.03.